The zero-order valence-electron chi connectivity index (χ0n) is 10.9. The highest BCUT2D eigenvalue weighted by atomic mass is 16.5. The van der Waals surface area contributed by atoms with E-state index in [9.17, 15) is 0 Å². The van der Waals surface area contributed by atoms with Gasteiger partial charge in [-0.15, -0.1) is 0 Å². The molecule has 1 aromatic carbocycles. The van der Waals surface area contributed by atoms with E-state index in [0.717, 1.165) is 43.2 Å². The summed E-state index contributed by atoms with van der Waals surface area (Å²) in [7, 11) is 1.72. The molecule has 18 heavy (non-hydrogen) atoms. The normalized spacial score (nSPS) is 22.2. The highest BCUT2D eigenvalue weighted by Gasteiger charge is 2.23. The topological polar surface area (TPSA) is 39.7 Å². The maximum Gasteiger partial charge on any atom is 0.123 e. The molecule has 1 unspecified atom stereocenters. The first-order chi connectivity index (χ1) is 8.76. The Balaban J connectivity index is 1.77. The average Bonchev–Trinajstić information content (AvgIpc) is 2.65. The first kappa shape index (κ1) is 11.8. The summed E-state index contributed by atoms with van der Waals surface area (Å²) >= 11 is 0. The van der Waals surface area contributed by atoms with E-state index in [1.54, 1.807) is 7.11 Å². The Bertz CT molecular complexity index is 443. The van der Waals surface area contributed by atoms with E-state index in [4.69, 9.17) is 14.2 Å². The predicted molar refractivity (Wildman–Crippen MR) is 68.2 cm³/mol. The molecule has 2 aliphatic rings. The summed E-state index contributed by atoms with van der Waals surface area (Å²) in [6.45, 7) is 4.50. The number of fused-ring (bicyclic) bond motifs is 1. The van der Waals surface area contributed by atoms with Crippen molar-refractivity contribution >= 4 is 0 Å². The molecular formula is C14H19NO3. The second-order valence-electron chi connectivity index (χ2n) is 5.02. The highest BCUT2D eigenvalue weighted by Crippen LogP contribution is 2.34. The molecule has 0 amide bonds. The van der Waals surface area contributed by atoms with Crippen LogP contribution in [0.25, 0.3) is 0 Å². The Kier molecular flexibility index (Phi) is 3.14. The minimum Gasteiger partial charge on any atom is -0.496 e. The van der Waals surface area contributed by atoms with Crippen LogP contribution in [-0.4, -0.2) is 32.5 Å². The van der Waals surface area contributed by atoms with Crippen molar-refractivity contribution in [3.05, 3.63) is 23.3 Å². The molecule has 0 bridgehead atoms. The number of methoxy groups -OCH3 is 1. The minimum absolute atomic E-state index is 0.271. The quantitative estimate of drug-likeness (QED) is 0.878. The predicted octanol–water partition coefficient (Wildman–Crippen LogP) is 1.51. The lowest BCUT2D eigenvalue weighted by Gasteiger charge is -2.27. The van der Waals surface area contributed by atoms with Crippen LogP contribution < -0.4 is 14.8 Å². The SMILES string of the molecule is COc1cc2c(cc1CNC1COC1)OC(C)C2. The summed E-state index contributed by atoms with van der Waals surface area (Å²) in [4.78, 5) is 0. The number of nitrogens with one attached hydrogen (secondary N) is 1. The number of ether oxygens (including phenoxy) is 3. The first-order valence-electron chi connectivity index (χ1n) is 6.44. The molecule has 3 rings (SSSR count). The molecule has 0 radical (unpaired) electrons. The fourth-order valence-corrected chi connectivity index (χ4v) is 2.42. The van der Waals surface area contributed by atoms with Gasteiger partial charge in [-0.2, -0.15) is 0 Å². The summed E-state index contributed by atoms with van der Waals surface area (Å²) in [5, 5.41) is 3.45. The molecule has 2 heterocycles. The van der Waals surface area contributed by atoms with Gasteiger partial charge in [0, 0.05) is 24.1 Å². The maximum absolute atomic E-state index is 5.79. The van der Waals surface area contributed by atoms with Gasteiger partial charge in [0.1, 0.15) is 17.6 Å². The molecule has 1 aromatic rings. The van der Waals surface area contributed by atoms with E-state index in [0.29, 0.717) is 6.04 Å². The first-order valence-corrected chi connectivity index (χ1v) is 6.44. The van der Waals surface area contributed by atoms with Gasteiger partial charge < -0.3 is 19.5 Å². The monoisotopic (exact) mass is 249 g/mol. The second-order valence-corrected chi connectivity index (χ2v) is 5.02. The molecule has 0 saturated carbocycles. The third-order valence-electron chi connectivity index (χ3n) is 3.52. The summed E-state index contributed by atoms with van der Waals surface area (Å²) in [6.07, 6.45) is 1.24. The second kappa shape index (κ2) is 4.78. The summed E-state index contributed by atoms with van der Waals surface area (Å²) in [6, 6.07) is 4.68. The smallest absolute Gasteiger partial charge is 0.123 e. The Morgan fingerprint density at radius 2 is 2.22 bits per heavy atom. The summed E-state index contributed by atoms with van der Waals surface area (Å²) in [5.74, 6) is 1.95. The number of hydrogen-bond donors (Lipinski definition) is 1. The largest absolute Gasteiger partial charge is 0.496 e. The van der Waals surface area contributed by atoms with E-state index < -0.39 is 0 Å². The van der Waals surface area contributed by atoms with E-state index in [1.807, 2.05) is 0 Å². The van der Waals surface area contributed by atoms with Gasteiger partial charge in [-0.25, -0.2) is 0 Å². The van der Waals surface area contributed by atoms with Crippen LogP contribution in [0.3, 0.4) is 0 Å². The van der Waals surface area contributed by atoms with Gasteiger partial charge in [-0.1, -0.05) is 0 Å². The lowest BCUT2D eigenvalue weighted by atomic mass is 10.1. The van der Waals surface area contributed by atoms with Gasteiger partial charge in [-0.05, 0) is 19.1 Å². The standard InChI is InChI=1S/C14H19NO3/c1-9-3-10-4-13(16-2)11(5-14(10)18-9)6-15-12-7-17-8-12/h4-5,9,12,15H,3,6-8H2,1-2H3. The Labute approximate surface area is 107 Å². The van der Waals surface area contributed by atoms with Crippen molar-refractivity contribution in [2.45, 2.75) is 32.0 Å². The lowest BCUT2D eigenvalue weighted by molar-refractivity contribution is -0.00585. The van der Waals surface area contributed by atoms with Crippen molar-refractivity contribution in [2.24, 2.45) is 0 Å². The van der Waals surface area contributed by atoms with Crippen LogP contribution in [0.2, 0.25) is 0 Å². The van der Waals surface area contributed by atoms with Crippen LogP contribution in [0.1, 0.15) is 18.1 Å². The third-order valence-corrected chi connectivity index (χ3v) is 3.52. The van der Waals surface area contributed by atoms with Gasteiger partial charge in [-0.3, -0.25) is 0 Å². The van der Waals surface area contributed by atoms with Gasteiger partial charge in [0.25, 0.3) is 0 Å². The third kappa shape index (κ3) is 2.18. The van der Waals surface area contributed by atoms with Gasteiger partial charge in [0.2, 0.25) is 0 Å². The minimum atomic E-state index is 0.271. The molecule has 1 N–H and O–H groups in total. The number of benzene rings is 1. The van der Waals surface area contributed by atoms with Crippen LogP contribution >= 0.6 is 0 Å². The summed E-state index contributed by atoms with van der Waals surface area (Å²) in [5.41, 5.74) is 2.40. The Morgan fingerprint density at radius 3 is 2.89 bits per heavy atom. The van der Waals surface area contributed by atoms with Crippen LogP contribution in [0.15, 0.2) is 12.1 Å². The summed E-state index contributed by atoms with van der Waals surface area (Å²) < 4.78 is 16.4. The van der Waals surface area contributed by atoms with E-state index in [2.05, 4.69) is 24.4 Å². The molecule has 98 valence electrons. The van der Waals surface area contributed by atoms with Crippen molar-refractivity contribution in [1.29, 1.82) is 0 Å². The molecule has 1 saturated heterocycles. The maximum atomic E-state index is 5.79. The Morgan fingerprint density at radius 1 is 1.39 bits per heavy atom. The van der Waals surface area contributed by atoms with Gasteiger partial charge in [0.15, 0.2) is 0 Å². The average molecular weight is 249 g/mol. The van der Waals surface area contributed by atoms with Crippen molar-refractivity contribution < 1.29 is 14.2 Å². The molecule has 2 aliphatic heterocycles. The van der Waals surface area contributed by atoms with Crippen LogP contribution in [-0.2, 0) is 17.7 Å². The van der Waals surface area contributed by atoms with E-state index >= 15 is 0 Å². The van der Waals surface area contributed by atoms with Crippen molar-refractivity contribution in [3.8, 4) is 11.5 Å². The van der Waals surface area contributed by atoms with Gasteiger partial charge >= 0.3 is 0 Å². The van der Waals surface area contributed by atoms with E-state index in [1.165, 1.54) is 5.56 Å². The van der Waals surface area contributed by atoms with Gasteiger partial charge in [0.05, 0.1) is 26.4 Å². The lowest BCUT2D eigenvalue weighted by Crippen LogP contribution is -2.45. The zero-order chi connectivity index (χ0) is 12.5. The molecule has 0 aliphatic carbocycles. The highest BCUT2D eigenvalue weighted by molar-refractivity contribution is 5.48. The Hall–Kier alpha value is -1.26. The van der Waals surface area contributed by atoms with E-state index in [-0.39, 0.29) is 6.10 Å². The van der Waals surface area contributed by atoms with Crippen LogP contribution in [0.5, 0.6) is 11.5 Å². The molecule has 1 fully saturated rings. The van der Waals surface area contributed by atoms with Crippen LogP contribution in [0, 0.1) is 0 Å². The molecule has 0 aromatic heterocycles. The molecule has 4 nitrogen and oxygen atoms in total. The fourth-order valence-electron chi connectivity index (χ4n) is 2.42. The zero-order valence-corrected chi connectivity index (χ0v) is 10.9. The molecule has 0 spiro atoms. The van der Waals surface area contributed by atoms with Crippen molar-refractivity contribution in [3.63, 3.8) is 0 Å². The number of hydrogen-bond acceptors (Lipinski definition) is 4. The van der Waals surface area contributed by atoms with Crippen LogP contribution in [0.4, 0.5) is 0 Å². The molecule has 1 atom stereocenters. The van der Waals surface area contributed by atoms with Crippen molar-refractivity contribution in [1.82, 2.24) is 5.32 Å². The molecular weight excluding hydrogens is 230 g/mol. The fraction of sp³-hybridized carbons (Fsp3) is 0.571. The number of rotatable bonds is 4. The van der Waals surface area contributed by atoms with Crippen molar-refractivity contribution in [2.75, 3.05) is 20.3 Å². The molecule has 4 heteroatoms.